The Morgan fingerprint density at radius 2 is 1.68 bits per heavy atom. The highest BCUT2D eigenvalue weighted by atomic mass is 16.5. The van der Waals surface area contributed by atoms with E-state index in [0.717, 1.165) is 4.90 Å². The maximum Gasteiger partial charge on any atom is 0.410 e. The van der Waals surface area contributed by atoms with Crippen molar-refractivity contribution in [1.82, 2.24) is 14.7 Å². The summed E-state index contributed by atoms with van der Waals surface area (Å²) in [4.78, 5) is 40.8. The number of amides is 2. The number of nitrogens with zero attached hydrogens (tertiary/aromatic N) is 3. The smallest absolute Gasteiger partial charge is 0.410 e. The summed E-state index contributed by atoms with van der Waals surface area (Å²) < 4.78 is 35.4. The van der Waals surface area contributed by atoms with Gasteiger partial charge in [-0.05, 0) is 38.1 Å². The van der Waals surface area contributed by atoms with Crippen LogP contribution in [0.15, 0.2) is 41.1 Å². The van der Waals surface area contributed by atoms with Crippen molar-refractivity contribution >= 4 is 34.4 Å². The Labute approximate surface area is 252 Å². The van der Waals surface area contributed by atoms with Crippen LogP contribution in [-0.4, -0.2) is 84.4 Å². The van der Waals surface area contributed by atoms with Crippen LogP contribution in [0.3, 0.4) is 0 Å². The summed E-state index contributed by atoms with van der Waals surface area (Å²) in [6.45, 7) is 2.96. The van der Waals surface area contributed by atoms with Gasteiger partial charge < -0.3 is 38.5 Å². The number of carbonyl (C=O) groups excluding carboxylic acids is 2. The zero-order chi connectivity index (χ0) is 31.9. The van der Waals surface area contributed by atoms with Crippen LogP contribution in [0.5, 0.6) is 23.0 Å². The Balaban J connectivity index is 1.69. The number of rotatable bonds is 9. The average Bonchev–Trinajstić information content (AvgIpc) is 3.70. The normalized spacial score (nSPS) is 15.7. The molecule has 2 N–H and O–H groups in total. The van der Waals surface area contributed by atoms with E-state index in [1.807, 2.05) is 0 Å². The van der Waals surface area contributed by atoms with Gasteiger partial charge in [-0.3, -0.25) is 19.2 Å². The predicted molar refractivity (Wildman–Crippen MR) is 157 cm³/mol. The maximum atomic E-state index is 14.3. The number of methoxy groups -OCH3 is 4. The lowest BCUT2D eigenvalue weighted by molar-refractivity contribution is -0.120. The quantitative estimate of drug-likeness (QED) is 0.262. The number of benzene rings is 2. The lowest BCUT2D eigenvalue weighted by Gasteiger charge is -2.30. The molecule has 5 rings (SSSR count). The van der Waals surface area contributed by atoms with Crippen LogP contribution in [0.1, 0.15) is 29.8 Å². The molecule has 0 unspecified atom stereocenters. The van der Waals surface area contributed by atoms with Gasteiger partial charge in [-0.2, -0.15) is 5.10 Å². The number of carboxylic acid groups (broad SMARTS) is 1. The number of ketones is 1. The molecular formula is C30H32N4O10. The Kier molecular flexibility index (Phi) is 7.86. The molecule has 1 aliphatic rings. The number of nitrogens with one attached hydrogen (secondary N) is 1. The van der Waals surface area contributed by atoms with Crippen LogP contribution in [0.2, 0.25) is 0 Å². The van der Waals surface area contributed by atoms with Crippen molar-refractivity contribution in [3.63, 3.8) is 0 Å². The molecule has 1 aliphatic heterocycles. The highest BCUT2D eigenvalue weighted by molar-refractivity contribution is 6.22. The lowest BCUT2D eigenvalue weighted by Crippen LogP contribution is -2.51. The molecule has 2 amide bonds. The van der Waals surface area contributed by atoms with Crippen LogP contribution in [0.25, 0.3) is 22.3 Å². The molecule has 0 radical (unpaired) electrons. The summed E-state index contributed by atoms with van der Waals surface area (Å²) >= 11 is 0. The fraction of sp³-hybridized carbons (Fsp3) is 0.333. The molecule has 4 aromatic rings. The van der Waals surface area contributed by atoms with Gasteiger partial charge in [0.15, 0.2) is 22.9 Å². The molecule has 0 saturated carbocycles. The van der Waals surface area contributed by atoms with E-state index >= 15 is 0 Å². The number of hydrogen-bond donors (Lipinski definition) is 2. The largest absolute Gasteiger partial charge is 0.494 e. The van der Waals surface area contributed by atoms with E-state index in [4.69, 9.17) is 28.1 Å². The predicted octanol–water partition coefficient (Wildman–Crippen LogP) is 4.15. The molecule has 44 heavy (non-hydrogen) atoms. The van der Waals surface area contributed by atoms with Crippen molar-refractivity contribution in [2.24, 2.45) is 7.05 Å². The van der Waals surface area contributed by atoms with E-state index in [2.05, 4.69) is 10.4 Å². The average molecular weight is 609 g/mol. The van der Waals surface area contributed by atoms with Gasteiger partial charge in [-0.1, -0.05) is 0 Å². The number of fused-ring (bicyclic) bond motifs is 1. The SMILES string of the molecule is COc1cc(C(=O)c2c(-c3cnn(C)c3)oc3c(NC(=O)[C@@H]4COC(C)(C)N4C(=O)O)c(OC)ccc23)cc(OC)c1OC. The van der Waals surface area contributed by atoms with Gasteiger partial charge in [0.05, 0.1) is 52.4 Å². The van der Waals surface area contributed by atoms with Crippen LogP contribution in [0.4, 0.5) is 10.5 Å². The topological polar surface area (TPSA) is 164 Å². The third-order valence-electron chi connectivity index (χ3n) is 7.40. The summed E-state index contributed by atoms with van der Waals surface area (Å²) in [7, 11) is 7.49. The number of aryl methyl sites for hydroxylation is 1. The third-order valence-corrected chi connectivity index (χ3v) is 7.40. The van der Waals surface area contributed by atoms with Crippen molar-refractivity contribution in [1.29, 1.82) is 0 Å². The summed E-state index contributed by atoms with van der Waals surface area (Å²) in [6, 6.07) is 5.13. The summed E-state index contributed by atoms with van der Waals surface area (Å²) in [5, 5.41) is 17.2. The zero-order valence-electron chi connectivity index (χ0n) is 25.2. The molecule has 1 saturated heterocycles. The number of carbonyl (C=O) groups is 3. The van der Waals surface area contributed by atoms with Gasteiger partial charge in [0.1, 0.15) is 29.0 Å². The van der Waals surface area contributed by atoms with Crippen molar-refractivity contribution in [2.75, 3.05) is 40.4 Å². The fourth-order valence-corrected chi connectivity index (χ4v) is 5.32. The van der Waals surface area contributed by atoms with Gasteiger partial charge in [0.25, 0.3) is 0 Å². The minimum absolute atomic E-state index is 0.110. The van der Waals surface area contributed by atoms with Crippen molar-refractivity contribution in [3.05, 3.63) is 47.8 Å². The first-order valence-corrected chi connectivity index (χ1v) is 13.4. The highest BCUT2D eigenvalue weighted by Gasteiger charge is 2.47. The van der Waals surface area contributed by atoms with Crippen molar-refractivity contribution in [3.8, 4) is 34.3 Å². The standard InChI is InChI=1S/C30H32N4O10/c1-30(2)34(29(37)38)18(14-43-30)28(36)32-23-19(39-4)9-8-17-22(25(44-26(17)23)16-12-31-33(3)13-16)24(35)15-10-20(40-5)27(42-7)21(11-15)41-6/h8-13,18H,14H2,1-7H3,(H,32,36)(H,37,38)/t18-/m0/s1. The van der Waals surface area contributed by atoms with Gasteiger partial charge >= 0.3 is 6.09 Å². The van der Waals surface area contributed by atoms with Crippen LogP contribution in [-0.2, 0) is 16.6 Å². The molecule has 0 spiro atoms. The minimum atomic E-state index is -1.31. The third kappa shape index (κ3) is 5.02. The van der Waals surface area contributed by atoms with Crippen LogP contribution in [0, 0.1) is 0 Å². The first-order valence-electron chi connectivity index (χ1n) is 13.4. The molecule has 3 heterocycles. The van der Waals surface area contributed by atoms with E-state index in [9.17, 15) is 19.5 Å². The van der Waals surface area contributed by atoms with Gasteiger partial charge in [0.2, 0.25) is 11.7 Å². The Morgan fingerprint density at radius 1 is 1.02 bits per heavy atom. The van der Waals surface area contributed by atoms with E-state index in [0.29, 0.717) is 16.7 Å². The Morgan fingerprint density at radius 3 is 2.23 bits per heavy atom. The molecule has 232 valence electrons. The number of hydrogen-bond acceptors (Lipinski definition) is 10. The van der Waals surface area contributed by atoms with Crippen LogP contribution >= 0.6 is 0 Å². The molecular weight excluding hydrogens is 576 g/mol. The second-order valence-corrected chi connectivity index (χ2v) is 10.4. The van der Waals surface area contributed by atoms with Crippen molar-refractivity contribution in [2.45, 2.75) is 25.6 Å². The maximum absolute atomic E-state index is 14.3. The molecule has 1 atom stereocenters. The first-order chi connectivity index (χ1) is 20.9. The Bertz CT molecular complexity index is 1750. The van der Waals surface area contributed by atoms with Gasteiger partial charge in [-0.25, -0.2) is 4.79 Å². The van der Waals surface area contributed by atoms with E-state index < -0.39 is 29.6 Å². The molecule has 2 aromatic heterocycles. The molecule has 0 aliphatic carbocycles. The summed E-state index contributed by atoms with van der Waals surface area (Å²) in [6.07, 6.45) is 1.91. The molecule has 14 nitrogen and oxygen atoms in total. The van der Waals surface area contributed by atoms with Crippen molar-refractivity contribution < 1.29 is 47.6 Å². The molecule has 1 fully saturated rings. The van der Waals surface area contributed by atoms with E-state index in [-0.39, 0.29) is 52.0 Å². The van der Waals surface area contributed by atoms with E-state index in [1.165, 1.54) is 40.6 Å². The summed E-state index contributed by atoms with van der Waals surface area (Å²) in [5.41, 5.74) is -0.0818. The highest BCUT2D eigenvalue weighted by Crippen LogP contribution is 2.44. The van der Waals surface area contributed by atoms with E-state index in [1.54, 1.807) is 50.1 Å². The zero-order valence-corrected chi connectivity index (χ0v) is 25.2. The Hall–Kier alpha value is -5.24. The number of anilines is 1. The number of aromatic nitrogens is 2. The number of furan rings is 1. The monoisotopic (exact) mass is 608 g/mol. The molecule has 14 heteroatoms. The fourth-order valence-electron chi connectivity index (χ4n) is 5.32. The summed E-state index contributed by atoms with van der Waals surface area (Å²) in [5.74, 6) is 0.195. The van der Waals surface area contributed by atoms with Gasteiger partial charge in [-0.15, -0.1) is 0 Å². The molecule has 2 aromatic carbocycles. The molecule has 0 bridgehead atoms. The second-order valence-electron chi connectivity index (χ2n) is 10.4. The number of ether oxygens (including phenoxy) is 5. The lowest BCUT2D eigenvalue weighted by atomic mass is 9.97. The minimum Gasteiger partial charge on any atom is -0.494 e. The second kappa shape index (κ2) is 11.4. The van der Waals surface area contributed by atoms with Crippen LogP contribution < -0.4 is 24.3 Å². The van der Waals surface area contributed by atoms with Gasteiger partial charge in [0, 0.05) is 24.2 Å². The first kappa shape index (κ1) is 30.2.